The van der Waals surface area contributed by atoms with Crippen molar-refractivity contribution in [3.63, 3.8) is 0 Å². The van der Waals surface area contributed by atoms with Crippen LogP contribution in [-0.2, 0) is 0 Å². The van der Waals surface area contributed by atoms with Crippen molar-refractivity contribution in [1.29, 1.82) is 0 Å². The van der Waals surface area contributed by atoms with Crippen LogP contribution < -0.4 is 5.32 Å². The van der Waals surface area contributed by atoms with E-state index in [1.165, 1.54) is 0 Å². The van der Waals surface area contributed by atoms with Gasteiger partial charge in [-0.1, -0.05) is 32.9 Å². The van der Waals surface area contributed by atoms with Crippen molar-refractivity contribution in [2.24, 2.45) is 5.92 Å². The molecule has 0 aromatic carbocycles. The van der Waals surface area contributed by atoms with E-state index in [1.807, 2.05) is 13.8 Å². The Morgan fingerprint density at radius 3 is 2.55 bits per heavy atom. The molecule has 20 heavy (non-hydrogen) atoms. The maximum Gasteiger partial charge on any atom is 0.290 e. The molecule has 1 aromatic heterocycles. The van der Waals surface area contributed by atoms with Crippen LogP contribution in [0.3, 0.4) is 0 Å². The molecule has 1 atom stereocenters. The molecule has 0 aliphatic rings. The first kappa shape index (κ1) is 16.7. The summed E-state index contributed by atoms with van der Waals surface area (Å²) in [6.45, 7) is 8.27. The molecular weight excluding hydrogens is 256 g/mol. The fourth-order valence-electron chi connectivity index (χ4n) is 2.25. The zero-order chi connectivity index (χ0) is 15.1. The van der Waals surface area contributed by atoms with E-state index in [4.69, 9.17) is 9.63 Å². The summed E-state index contributed by atoms with van der Waals surface area (Å²) in [6.07, 6.45) is 2.49. The van der Waals surface area contributed by atoms with Gasteiger partial charge in [-0.05, 0) is 25.2 Å². The molecule has 5 heteroatoms. The van der Waals surface area contributed by atoms with Crippen molar-refractivity contribution in [3.05, 3.63) is 17.5 Å². The highest BCUT2D eigenvalue weighted by Gasteiger charge is 2.21. The maximum atomic E-state index is 12.1. The molecule has 2 N–H and O–H groups in total. The highest BCUT2D eigenvalue weighted by molar-refractivity contribution is 5.91. The lowest BCUT2D eigenvalue weighted by atomic mass is 9.99. The van der Waals surface area contributed by atoms with E-state index in [-0.39, 0.29) is 30.2 Å². The SMILES string of the molecule is CCC(CC)c1cc(C(=O)NC(CCO)C(C)C)on1. The van der Waals surface area contributed by atoms with Crippen LogP contribution in [0, 0.1) is 5.92 Å². The summed E-state index contributed by atoms with van der Waals surface area (Å²) in [5.41, 5.74) is 0.836. The molecule has 0 fully saturated rings. The highest BCUT2D eigenvalue weighted by atomic mass is 16.5. The number of amides is 1. The minimum atomic E-state index is -0.262. The van der Waals surface area contributed by atoms with Crippen molar-refractivity contribution in [1.82, 2.24) is 10.5 Å². The molecule has 0 saturated carbocycles. The quantitative estimate of drug-likeness (QED) is 0.768. The van der Waals surface area contributed by atoms with Crippen LogP contribution in [0.25, 0.3) is 0 Å². The maximum absolute atomic E-state index is 12.1. The summed E-state index contributed by atoms with van der Waals surface area (Å²) in [5.74, 6) is 0.573. The zero-order valence-corrected chi connectivity index (χ0v) is 12.8. The van der Waals surface area contributed by atoms with Gasteiger partial charge in [0.1, 0.15) is 0 Å². The summed E-state index contributed by atoms with van der Waals surface area (Å²) >= 11 is 0. The van der Waals surface area contributed by atoms with Gasteiger partial charge in [0, 0.05) is 24.6 Å². The van der Waals surface area contributed by atoms with Crippen molar-refractivity contribution in [2.75, 3.05) is 6.61 Å². The Hall–Kier alpha value is -1.36. The van der Waals surface area contributed by atoms with Crippen LogP contribution >= 0.6 is 0 Å². The predicted octanol–water partition coefficient (Wildman–Crippen LogP) is 2.72. The number of aliphatic hydroxyl groups excluding tert-OH is 1. The van der Waals surface area contributed by atoms with E-state index >= 15 is 0 Å². The molecule has 0 aliphatic heterocycles. The van der Waals surface area contributed by atoms with E-state index in [0.29, 0.717) is 12.3 Å². The molecule has 1 amide bonds. The molecule has 1 rings (SSSR count). The third kappa shape index (κ3) is 4.34. The van der Waals surface area contributed by atoms with Crippen LogP contribution in [0.15, 0.2) is 10.6 Å². The van der Waals surface area contributed by atoms with Gasteiger partial charge in [-0.3, -0.25) is 4.79 Å². The van der Waals surface area contributed by atoms with E-state index in [2.05, 4.69) is 24.3 Å². The fourth-order valence-corrected chi connectivity index (χ4v) is 2.25. The number of aliphatic hydroxyl groups is 1. The van der Waals surface area contributed by atoms with E-state index < -0.39 is 0 Å². The van der Waals surface area contributed by atoms with E-state index in [1.54, 1.807) is 6.07 Å². The van der Waals surface area contributed by atoms with Crippen LogP contribution in [-0.4, -0.2) is 28.8 Å². The zero-order valence-electron chi connectivity index (χ0n) is 12.8. The Morgan fingerprint density at radius 2 is 2.05 bits per heavy atom. The Kier molecular flexibility index (Phi) is 6.71. The number of carbonyl (C=O) groups excluding carboxylic acids is 1. The molecule has 0 radical (unpaired) electrons. The van der Waals surface area contributed by atoms with Crippen LogP contribution in [0.4, 0.5) is 0 Å². The van der Waals surface area contributed by atoms with Gasteiger partial charge in [-0.15, -0.1) is 0 Å². The summed E-state index contributed by atoms with van der Waals surface area (Å²) in [4.78, 5) is 12.1. The molecule has 1 heterocycles. The summed E-state index contributed by atoms with van der Waals surface area (Å²) in [7, 11) is 0. The lowest BCUT2D eigenvalue weighted by Crippen LogP contribution is -2.39. The molecule has 114 valence electrons. The number of rotatable bonds is 8. The average Bonchev–Trinajstić information content (AvgIpc) is 2.89. The van der Waals surface area contributed by atoms with Gasteiger partial charge in [0.05, 0.1) is 5.69 Å². The van der Waals surface area contributed by atoms with Crippen LogP contribution in [0.5, 0.6) is 0 Å². The van der Waals surface area contributed by atoms with Crippen molar-refractivity contribution >= 4 is 5.91 Å². The first-order valence-electron chi connectivity index (χ1n) is 7.41. The number of nitrogens with zero attached hydrogens (tertiary/aromatic N) is 1. The molecule has 5 nitrogen and oxygen atoms in total. The molecule has 0 saturated heterocycles. The number of nitrogens with one attached hydrogen (secondary N) is 1. The first-order chi connectivity index (χ1) is 9.53. The second-order valence-corrected chi connectivity index (χ2v) is 5.47. The van der Waals surface area contributed by atoms with Crippen molar-refractivity contribution < 1.29 is 14.4 Å². The van der Waals surface area contributed by atoms with Gasteiger partial charge in [0.25, 0.3) is 5.91 Å². The van der Waals surface area contributed by atoms with Gasteiger partial charge in [-0.25, -0.2) is 0 Å². The van der Waals surface area contributed by atoms with E-state index in [9.17, 15) is 4.79 Å². The first-order valence-corrected chi connectivity index (χ1v) is 7.41. The predicted molar refractivity (Wildman–Crippen MR) is 77.6 cm³/mol. The largest absolute Gasteiger partial charge is 0.396 e. The Bertz CT molecular complexity index is 411. The topological polar surface area (TPSA) is 75.4 Å². The van der Waals surface area contributed by atoms with Crippen LogP contribution in [0.1, 0.15) is 69.1 Å². The Morgan fingerprint density at radius 1 is 1.40 bits per heavy atom. The normalized spacial score (nSPS) is 12.9. The minimum absolute atomic E-state index is 0.0541. The highest BCUT2D eigenvalue weighted by Crippen LogP contribution is 2.22. The smallest absolute Gasteiger partial charge is 0.290 e. The van der Waals surface area contributed by atoms with Gasteiger partial charge in [-0.2, -0.15) is 0 Å². The van der Waals surface area contributed by atoms with Gasteiger partial charge in [0.15, 0.2) is 0 Å². The van der Waals surface area contributed by atoms with Gasteiger partial charge in [0.2, 0.25) is 5.76 Å². The van der Waals surface area contributed by atoms with Crippen LogP contribution in [0.2, 0.25) is 0 Å². The summed E-state index contributed by atoms with van der Waals surface area (Å²) in [6, 6.07) is 1.66. The average molecular weight is 282 g/mol. The minimum Gasteiger partial charge on any atom is -0.396 e. The molecule has 0 bridgehead atoms. The summed E-state index contributed by atoms with van der Waals surface area (Å²) in [5, 5.41) is 15.9. The number of carbonyl (C=O) groups is 1. The van der Waals surface area contributed by atoms with Crippen molar-refractivity contribution in [2.45, 2.75) is 58.9 Å². The number of hydrogen-bond acceptors (Lipinski definition) is 4. The number of aromatic nitrogens is 1. The second kappa shape index (κ2) is 8.04. The standard InChI is InChI=1S/C15H26N2O3/c1-5-11(6-2)13-9-14(20-17-13)15(19)16-12(7-8-18)10(3)4/h9-12,18H,5-8H2,1-4H3,(H,16,19). The third-order valence-corrected chi connectivity index (χ3v) is 3.72. The second-order valence-electron chi connectivity index (χ2n) is 5.47. The third-order valence-electron chi connectivity index (χ3n) is 3.72. The Balaban J connectivity index is 2.72. The lowest BCUT2D eigenvalue weighted by Gasteiger charge is -2.20. The van der Waals surface area contributed by atoms with Gasteiger partial charge < -0.3 is 14.9 Å². The Labute approximate surface area is 120 Å². The molecule has 1 aromatic rings. The summed E-state index contributed by atoms with van der Waals surface area (Å²) < 4.78 is 5.15. The molecule has 0 aliphatic carbocycles. The fraction of sp³-hybridized carbons (Fsp3) is 0.733. The van der Waals surface area contributed by atoms with Crippen molar-refractivity contribution in [3.8, 4) is 0 Å². The molecular formula is C15H26N2O3. The lowest BCUT2D eigenvalue weighted by molar-refractivity contribution is 0.0879. The van der Waals surface area contributed by atoms with Gasteiger partial charge >= 0.3 is 0 Å². The molecule has 0 spiro atoms. The van der Waals surface area contributed by atoms with E-state index in [0.717, 1.165) is 18.5 Å². The molecule has 1 unspecified atom stereocenters. The number of hydrogen-bond donors (Lipinski definition) is 2. The monoisotopic (exact) mass is 282 g/mol.